The predicted octanol–water partition coefficient (Wildman–Crippen LogP) is 2.57. The quantitative estimate of drug-likeness (QED) is 0.599. The molecule has 1 aromatic heterocycles. The topological polar surface area (TPSA) is 85.8 Å². The second kappa shape index (κ2) is 7.35. The average molecular weight is 396 g/mol. The van der Waals surface area contributed by atoms with E-state index in [0.29, 0.717) is 22.8 Å². The molecule has 0 bridgehead atoms. The highest BCUT2D eigenvalue weighted by molar-refractivity contribution is 9.10. The van der Waals surface area contributed by atoms with Gasteiger partial charge in [-0.3, -0.25) is 4.79 Å². The molecule has 23 heavy (non-hydrogen) atoms. The zero-order valence-electron chi connectivity index (χ0n) is 12.5. The van der Waals surface area contributed by atoms with Gasteiger partial charge in [-0.05, 0) is 25.0 Å². The second-order valence-corrected chi connectivity index (χ2v) is 7.29. The van der Waals surface area contributed by atoms with Crippen molar-refractivity contribution in [2.24, 2.45) is 0 Å². The number of amides is 1. The average Bonchev–Trinajstić information content (AvgIpc) is 3.16. The number of hydrogen-bond donors (Lipinski definition) is 2. The summed E-state index contributed by atoms with van der Waals surface area (Å²) in [6.07, 6.45) is 4.56. The Kier molecular flexibility index (Phi) is 5.22. The summed E-state index contributed by atoms with van der Waals surface area (Å²) in [5.41, 5.74) is 0.866. The third kappa shape index (κ3) is 3.87. The summed E-state index contributed by atoms with van der Waals surface area (Å²) in [7, 11) is 0. The Hall–Kier alpha value is -1.54. The normalized spacial score (nSPS) is 15.0. The summed E-state index contributed by atoms with van der Waals surface area (Å²) in [6, 6.07) is 8.00. The number of halogens is 1. The van der Waals surface area contributed by atoms with Crippen molar-refractivity contribution in [3.8, 4) is 11.4 Å². The summed E-state index contributed by atoms with van der Waals surface area (Å²) in [5, 5.41) is 11.8. The minimum Gasteiger partial charge on any atom is -0.353 e. The molecular formula is C15H18BrN5OS. The molecule has 2 aromatic rings. The van der Waals surface area contributed by atoms with Crippen molar-refractivity contribution in [3.05, 3.63) is 28.7 Å². The van der Waals surface area contributed by atoms with Gasteiger partial charge in [0, 0.05) is 16.1 Å². The Bertz CT molecular complexity index is 699. The predicted molar refractivity (Wildman–Crippen MR) is 94.4 cm³/mol. The molecule has 1 aliphatic rings. The summed E-state index contributed by atoms with van der Waals surface area (Å²) >= 11 is 4.78. The Labute approximate surface area is 147 Å². The maximum atomic E-state index is 12.0. The van der Waals surface area contributed by atoms with Crippen LogP contribution in [0.5, 0.6) is 0 Å². The van der Waals surface area contributed by atoms with Crippen molar-refractivity contribution in [1.82, 2.24) is 20.2 Å². The zero-order chi connectivity index (χ0) is 16.2. The SMILES string of the molecule is Nn1c(SCC(=O)NC2CCCC2)nnc1-c1ccccc1Br. The molecule has 1 saturated carbocycles. The van der Waals surface area contributed by atoms with Crippen LogP contribution < -0.4 is 11.2 Å². The molecule has 8 heteroatoms. The van der Waals surface area contributed by atoms with Gasteiger partial charge in [-0.1, -0.05) is 52.7 Å². The van der Waals surface area contributed by atoms with Gasteiger partial charge >= 0.3 is 0 Å². The van der Waals surface area contributed by atoms with Crippen molar-refractivity contribution in [2.45, 2.75) is 36.9 Å². The Morgan fingerprint density at radius 3 is 2.83 bits per heavy atom. The van der Waals surface area contributed by atoms with Gasteiger partial charge in [-0.15, -0.1) is 10.2 Å². The Balaban J connectivity index is 1.63. The van der Waals surface area contributed by atoms with E-state index in [9.17, 15) is 4.79 Å². The number of carbonyl (C=O) groups is 1. The number of hydrogen-bond acceptors (Lipinski definition) is 5. The maximum absolute atomic E-state index is 12.0. The highest BCUT2D eigenvalue weighted by Crippen LogP contribution is 2.27. The van der Waals surface area contributed by atoms with Crippen LogP contribution >= 0.6 is 27.7 Å². The lowest BCUT2D eigenvalue weighted by molar-refractivity contribution is -0.119. The monoisotopic (exact) mass is 395 g/mol. The van der Waals surface area contributed by atoms with Gasteiger partial charge in [0.25, 0.3) is 0 Å². The van der Waals surface area contributed by atoms with Crippen molar-refractivity contribution >= 4 is 33.6 Å². The van der Waals surface area contributed by atoms with E-state index in [1.807, 2.05) is 24.3 Å². The molecule has 1 aromatic carbocycles. The van der Waals surface area contributed by atoms with Gasteiger partial charge in [0.15, 0.2) is 5.82 Å². The Morgan fingerprint density at radius 2 is 2.09 bits per heavy atom. The van der Waals surface area contributed by atoms with E-state index in [1.165, 1.54) is 29.3 Å². The molecule has 1 heterocycles. The lowest BCUT2D eigenvalue weighted by Crippen LogP contribution is -2.34. The fourth-order valence-corrected chi connectivity index (χ4v) is 3.80. The third-order valence-electron chi connectivity index (χ3n) is 3.83. The van der Waals surface area contributed by atoms with Crippen LogP contribution in [0.1, 0.15) is 25.7 Å². The molecule has 122 valence electrons. The lowest BCUT2D eigenvalue weighted by atomic mass is 10.2. The van der Waals surface area contributed by atoms with Crippen LogP contribution in [0.4, 0.5) is 0 Å². The minimum absolute atomic E-state index is 0.0207. The van der Waals surface area contributed by atoms with Crippen molar-refractivity contribution in [3.63, 3.8) is 0 Å². The maximum Gasteiger partial charge on any atom is 0.230 e. The van der Waals surface area contributed by atoms with Crippen molar-refractivity contribution < 1.29 is 4.79 Å². The van der Waals surface area contributed by atoms with Crippen LogP contribution in [0.2, 0.25) is 0 Å². The van der Waals surface area contributed by atoms with E-state index in [1.54, 1.807) is 0 Å². The third-order valence-corrected chi connectivity index (χ3v) is 5.47. The molecule has 1 fully saturated rings. The fraction of sp³-hybridized carbons (Fsp3) is 0.400. The fourth-order valence-electron chi connectivity index (χ4n) is 2.67. The van der Waals surface area contributed by atoms with Gasteiger partial charge in [0.2, 0.25) is 11.1 Å². The standard InChI is InChI=1S/C15H18BrN5OS/c16-12-8-4-3-7-11(12)14-19-20-15(21(14)17)23-9-13(22)18-10-5-1-2-6-10/h3-4,7-8,10H,1-2,5-6,9,17H2,(H,18,22). The molecule has 0 saturated heterocycles. The summed E-state index contributed by atoms with van der Waals surface area (Å²) in [6.45, 7) is 0. The molecule has 6 nitrogen and oxygen atoms in total. The van der Waals surface area contributed by atoms with Crippen molar-refractivity contribution in [1.29, 1.82) is 0 Å². The first-order chi connectivity index (χ1) is 11.1. The Morgan fingerprint density at radius 1 is 1.35 bits per heavy atom. The first kappa shape index (κ1) is 16.3. The van der Waals surface area contributed by atoms with E-state index in [2.05, 4.69) is 31.4 Å². The molecular weight excluding hydrogens is 378 g/mol. The summed E-state index contributed by atoms with van der Waals surface area (Å²) < 4.78 is 2.32. The number of aromatic nitrogens is 3. The molecule has 0 unspecified atom stereocenters. The first-order valence-electron chi connectivity index (χ1n) is 7.52. The summed E-state index contributed by atoms with van der Waals surface area (Å²) in [4.78, 5) is 12.0. The second-order valence-electron chi connectivity index (χ2n) is 5.49. The van der Waals surface area contributed by atoms with Gasteiger partial charge < -0.3 is 11.2 Å². The number of benzene rings is 1. The van der Waals surface area contributed by atoms with Crippen molar-refractivity contribution in [2.75, 3.05) is 11.6 Å². The van der Waals surface area contributed by atoms with E-state index in [-0.39, 0.29) is 5.91 Å². The van der Waals surface area contributed by atoms with Crippen LogP contribution in [-0.4, -0.2) is 32.6 Å². The number of rotatable bonds is 5. The highest BCUT2D eigenvalue weighted by Gasteiger charge is 2.19. The molecule has 1 amide bonds. The van der Waals surface area contributed by atoms with Crippen LogP contribution in [0.15, 0.2) is 33.9 Å². The number of nitrogens with two attached hydrogens (primary N) is 1. The number of thioether (sulfide) groups is 1. The number of nitrogens with one attached hydrogen (secondary N) is 1. The largest absolute Gasteiger partial charge is 0.353 e. The molecule has 3 rings (SSSR count). The van der Waals surface area contributed by atoms with Crippen LogP contribution in [0.25, 0.3) is 11.4 Å². The van der Waals surface area contributed by atoms with Gasteiger partial charge in [0.1, 0.15) is 0 Å². The van der Waals surface area contributed by atoms with Gasteiger partial charge in [-0.25, -0.2) is 4.68 Å². The van der Waals surface area contributed by atoms with E-state index in [4.69, 9.17) is 5.84 Å². The smallest absolute Gasteiger partial charge is 0.230 e. The molecule has 0 radical (unpaired) electrons. The van der Waals surface area contributed by atoms with E-state index in [0.717, 1.165) is 22.9 Å². The molecule has 3 N–H and O–H groups in total. The van der Waals surface area contributed by atoms with Gasteiger partial charge in [0.05, 0.1) is 5.75 Å². The van der Waals surface area contributed by atoms with Crippen LogP contribution in [-0.2, 0) is 4.79 Å². The zero-order valence-corrected chi connectivity index (χ0v) is 14.9. The summed E-state index contributed by atoms with van der Waals surface area (Å²) in [5.74, 6) is 6.95. The highest BCUT2D eigenvalue weighted by atomic mass is 79.9. The molecule has 0 atom stereocenters. The number of carbonyl (C=O) groups excluding carboxylic acids is 1. The van der Waals surface area contributed by atoms with E-state index >= 15 is 0 Å². The van der Waals surface area contributed by atoms with Crippen LogP contribution in [0, 0.1) is 0 Å². The van der Waals surface area contributed by atoms with E-state index < -0.39 is 0 Å². The van der Waals surface area contributed by atoms with Crippen LogP contribution in [0.3, 0.4) is 0 Å². The number of nitrogens with zero attached hydrogens (tertiary/aromatic N) is 3. The lowest BCUT2D eigenvalue weighted by Gasteiger charge is -2.11. The molecule has 0 spiro atoms. The van der Waals surface area contributed by atoms with Gasteiger partial charge in [-0.2, -0.15) is 0 Å². The number of nitrogen functional groups attached to an aromatic ring is 1. The molecule has 0 aliphatic heterocycles. The molecule has 1 aliphatic carbocycles. The minimum atomic E-state index is 0.0207. The first-order valence-corrected chi connectivity index (χ1v) is 9.30.